The molecule has 0 amide bonds. The molecule has 2 nitrogen and oxygen atoms in total. The van der Waals surface area contributed by atoms with Crippen LogP contribution in [0.5, 0.6) is 0 Å². The molecule has 0 radical (unpaired) electrons. The fraction of sp³-hybridized carbons (Fsp3) is 0. The van der Waals surface area contributed by atoms with E-state index in [1.807, 2.05) is 5.32 Å². The van der Waals surface area contributed by atoms with Crippen molar-refractivity contribution >= 4 is 44.6 Å². The molecule has 0 heterocycles. The highest BCUT2D eigenvalue weighted by Gasteiger charge is 2.24. The normalized spacial score (nSPS) is 10.5. The van der Waals surface area contributed by atoms with Crippen LogP contribution in [0.3, 0.4) is 0 Å². The van der Waals surface area contributed by atoms with Crippen LogP contribution < -0.4 is 10.6 Å². The zero-order valence-corrected chi connectivity index (χ0v) is 12.9. The van der Waals surface area contributed by atoms with Crippen LogP contribution in [0.25, 0.3) is 0 Å². The molecule has 0 aliphatic rings. The molecule has 0 bridgehead atoms. The summed E-state index contributed by atoms with van der Waals surface area (Å²) in [7, 11) is 0. The van der Waals surface area contributed by atoms with Crippen LogP contribution in [-0.2, 0) is 0 Å². The minimum Gasteiger partial charge on any atom is -0.330 e. The number of benzene rings is 2. The predicted octanol–water partition coefficient (Wildman–Crippen LogP) is 4.95. The zero-order valence-electron chi connectivity index (χ0n) is 10.5. The molecule has 22 heavy (non-hydrogen) atoms. The lowest BCUT2D eigenvalue weighted by Crippen LogP contribution is -2.22. The molecule has 2 N–H and O–H groups in total. The summed E-state index contributed by atoms with van der Waals surface area (Å²) in [5.41, 5.74) is -1.19. The fourth-order valence-electron chi connectivity index (χ4n) is 1.54. The Hall–Kier alpha value is -1.74. The van der Waals surface area contributed by atoms with Gasteiger partial charge in [0.05, 0.1) is 10.2 Å². The Morgan fingerprint density at radius 2 is 1.41 bits per heavy atom. The van der Waals surface area contributed by atoms with Crippen molar-refractivity contribution in [1.29, 1.82) is 0 Å². The molecule has 2 aromatic carbocycles. The molecule has 116 valence electrons. The van der Waals surface area contributed by atoms with E-state index in [0.717, 1.165) is 6.07 Å². The predicted molar refractivity (Wildman–Crippen MR) is 80.2 cm³/mol. The summed E-state index contributed by atoms with van der Waals surface area (Å²) in [6.45, 7) is 0. The van der Waals surface area contributed by atoms with E-state index in [2.05, 4.69) is 21.2 Å². The van der Waals surface area contributed by atoms with Gasteiger partial charge in [-0.25, -0.2) is 22.0 Å². The Morgan fingerprint density at radius 3 is 1.95 bits per heavy atom. The summed E-state index contributed by atoms with van der Waals surface area (Å²) >= 11 is 7.13. The van der Waals surface area contributed by atoms with Crippen molar-refractivity contribution in [3.8, 4) is 0 Å². The van der Waals surface area contributed by atoms with Crippen molar-refractivity contribution in [3.63, 3.8) is 0 Å². The summed E-state index contributed by atoms with van der Waals surface area (Å²) in [5, 5.41) is 3.85. The van der Waals surface area contributed by atoms with Crippen LogP contribution in [0.2, 0.25) is 0 Å². The van der Waals surface area contributed by atoms with E-state index in [1.165, 1.54) is 18.2 Å². The second-order valence-corrected chi connectivity index (χ2v) is 5.21. The molecule has 0 aliphatic heterocycles. The Kier molecular flexibility index (Phi) is 4.97. The molecule has 2 aromatic rings. The Morgan fingerprint density at radius 1 is 0.864 bits per heavy atom. The number of halogens is 6. The topological polar surface area (TPSA) is 24.1 Å². The summed E-state index contributed by atoms with van der Waals surface area (Å²) < 4.78 is 66.5. The highest BCUT2D eigenvalue weighted by atomic mass is 79.9. The highest BCUT2D eigenvalue weighted by molar-refractivity contribution is 9.10. The average Bonchev–Trinajstić information content (AvgIpc) is 2.50. The van der Waals surface area contributed by atoms with Crippen molar-refractivity contribution < 1.29 is 22.0 Å². The molecule has 0 atom stereocenters. The van der Waals surface area contributed by atoms with Crippen LogP contribution in [0, 0.1) is 29.1 Å². The quantitative estimate of drug-likeness (QED) is 0.325. The van der Waals surface area contributed by atoms with Crippen molar-refractivity contribution in [1.82, 2.24) is 0 Å². The van der Waals surface area contributed by atoms with Gasteiger partial charge in [-0.15, -0.1) is 0 Å². The standard InChI is InChI=1S/C13H6BrF5N2S/c14-7-8(16)10(18)12(11(19)9(7)17)21-13(22)20-6-4-2-1-3-5(6)15/h1-4H,(H2,20,21,22). The van der Waals surface area contributed by atoms with Gasteiger partial charge in [0, 0.05) is 0 Å². The van der Waals surface area contributed by atoms with E-state index in [-0.39, 0.29) is 5.69 Å². The maximum atomic E-state index is 13.6. The summed E-state index contributed by atoms with van der Waals surface area (Å²) in [6.07, 6.45) is 0. The van der Waals surface area contributed by atoms with E-state index >= 15 is 0 Å². The lowest BCUT2D eigenvalue weighted by Gasteiger charge is -2.13. The number of hydrogen-bond donors (Lipinski definition) is 2. The van der Waals surface area contributed by atoms with E-state index in [0.29, 0.717) is 0 Å². The average molecular weight is 397 g/mol. The maximum absolute atomic E-state index is 13.6. The number of anilines is 2. The lowest BCUT2D eigenvalue weighted by atomic mass is 10.2. The zero-order chi connectivity index (χ0) is 16.4. The summed E-state index contributed by atoms with van der Waals surface area (Å²) in [5.74, 6) is -7.22. The molecule has 0 unspecified atom stereocenters. The van der Waals surface area contributed by atoms with E-state index in [1.54, 1.807) is 0 Å². The van der Waals surface area contributed by atoms with Gasteiger partial charge in [0.25, 0.3) is 0 Å². The van der Waals surface area contributed by atoms with Crippen molar-refractivity contribution in [3.05, 3.63) is 57.8 Å². The van der Waals surface area contributed by atoms with Gasteiger partial charge in [0.2, 0.25) is 0 Å². The number of thiocarbonyl (C=S) groups is 1. The van der Waals surface area contributed by atoms with Gasteiger partial charge < -0.3 is 10.6 Å². The van der Waals surface area contributed by atoms with Gasteiger partial charge in [-0.3, -0.25) is 0 Å². The number of hydrogen-bond acceptors (Lipinski definition) is 1. The van der Waals surface area contributed by atoms with Crippen LogP contribution in [0.15, 0.2) is 28.7 Å². The van der Waals surface area contributed by atoms with Crippen LogP contribution in [0.4, 0.5) is 33.3 Å². The Labute approximate surface area is 135 Å². The van der Waals surface area contributed by atoms with Gasteiger partial charge in [-0.2, -0.15) is 0 Å². The second kappa shape index (κ2) is 6.57. The molecule has 0 saturated heterocycles. The van der Waals surface area contributed by atoms with Gasteiger partial charge >= 0.3 is 0 Å². The van der Waals surface area contributed by atoms with Gasteiger partial charge in [0.1, 0.15) is 11.5 Å². The van der Waals surface area contributed by atoms with E-state index in [4.69, 9.17) is 12.2 Å². The molecular formula is C13H6BrF5N2S. The van der Waals surface area contributed by atoms with Crippen LogP contribution in [-0.4, -0.2) is 5.11 Å². The number of nitrogens with one attached hydrogen (secondary N) is 2. The third kappa shape index (κ3) is 3.20. The summed E-state index contributed by atoms with van der Waals surface area (Å²) in [4.78, 5) is 0. The molecule has 0 aliphatic carbocycles. The number of para-hydroxylation sites is 1. The third-order valence-electron chi connectivity index (χ3n) is 2.57. The number of rotatable bonds is 2. The first kappa shape index (κ1) is 16.6. The van der Waals surface area contributed by atoms with E-state index in [9.17, 15) is 22.0 Å². The van der Waals surface area contributed by atoms with Crippen LogP contribution in [0.1, 0.15) is 0 Å². The largest absolute Gasteiger partial charge is 0.330 e. The molecular weight excluding hydrogens is 391 g/mol. The first-order valence-corrected chi connectivity index (χ1v) is 6.87. The fourth-order valence-corrected chi connectivity index (χ4v) is 2.10. The Bertz CT molecular complexity index is 724. The molecule has 0 spiro atoms. The maximum Gasteiger partial charge on any atom is 0.186 e. The molecule has 9 heteroatoms. The summed E-state index contributed by atoms with van der Waals surface area (Å²) in [6, 6.07) is 5.37. The highest BCUT2D eigenvalue weighted by Crippen LogP contribution is 2.31. The Balaban J connectivity index is 2.28. The minimum atomic E-state index is -1.66. The van der Waals surface area contributed by atoms with Gasteiger partial charge in [0.15, 0.2) is 28.4 Å². The van der Waals surface area contributed by atoms with Crippen molar-refractivity contribution in [2.24, 2.45) is 0 Å². The van der Waals surface area contributed by atoms with Gasteiger partial charge in [-0.1, -0.05) is 12.1 Å². The van der Waals surface area contributed by atoms with Gasteiger partial charge in [-0.05, 0) is 40.3 Å². The van der Waals surface area contributed by atoms with Crippen molar-refractivity contribution in [2.45, 2.75) is 0 Å². The minimum absolute atomic E-state index is 0.0705. The molecule has 0 aromatic heterocycles. The molecule has 0 saturated carbocycles. The molecule has 2 rings (SSSR count). The third-order valence-corrected chi connectivity index (χ3v) is 3.47. The monoisotopic (exact) mass is 396 g/mol. The lowest BCUT2D eigenvalue weighted by molar-refractivity contribution is 0.452. The first-order valence-electron chi connectivity index (χ1n) is 5.67. The van der Waals surface area contributed by atoms with E-state index < -0.39 is 44.4 Å². The smallest absolute Gasteiger partial charge is 0.186 e. The second-order valence-electron chi connectivity index (χ2n) is 4.00. The van der Waals surface area contributed by atoms with Crippen molar-refractivity contribution in [2.75, 3.05) is 10.6 Å². The first-order chi connectivity index (χ1) is 10.3. The van der Waals surface area contributed by atoms with Crippen LogP contribution >= 0.6 is 28.1 Å². The molecule has 0 fully saturated rings. The SMILES string of the molecule is Fc1ccccc1NC(=S)Nc1c(F)c(F)c(Br)c(F)c1F.